The molecular weight excluding hydrogens is 332 g/mol. The van der Waals surface area contributed by atoms with E-state index < -0.39 is 27.4 Å². The van der Waals surface area contributed by atoms with E-state index in [-0.39, 0.29) is 18.2 Å². The number of sulfonamides is 1. The van der Waals surface area contributed by atoms with Gasteiger partial charge in [0.2, 0.25) is 15.9 Å². The van der Waals surface area contributed by atoms with Crippen molar-refractivity contribution in [3.8, 4) is 0 Å². The number of rotatable bonds is 7. The lowest BCUT2D eigenvalue weighted by Gasteiger charge is -2.34. The number of nitrogens with one attached hydrogen (secondary N) is 1. The zero-order chi connectivity index (χ0) is 17.8. The smallest absolute Gasteiger partial charge is 0.311 e. The van der Waals surface area contributed by atoms with E-state index in [0.29, 0.717) is 38.6 Å². The fraction of sp³-hybridized carbons (Fsp3) is 0.875. The van der Waals surface area contributed by atoms with Crippen molar-refractivity contribution in [1.82, 2.24) is 9.62 Å². The van der Waals surface area contributed by atoms with Crippen molar-refractivity contribution in [1.29, 1.82) is 0 Å². The minimum Gasteiger partial charge on any atom is -0.481 e. The van der Waals surface area contributed by atoms with E-state index in [2.05, 4.69) is 5.32 Å². The van der Waals surface area contributed by atoms with E-state index in [4.69, 9.17) is 0 Å². The van der Waals surface area contributed by atoms with E-state index in [1.54, 1.807) is 6.92 Å². The Morgan fingerprint density at radius 3 is 2.46 bits per heavy atom. The van der Waals surface area contributed by atoms with Gasteiger partial charge in [-0.05, 0) is 32.1 Å². The third kappa shape index (κ3) is 4.08. The Labute approximate surface area is 143 Å². The zero-order valence-electron chi connectivity index (χ0n) is 14.3. The molecule has 1 saturated heterocycles. The third-order valence-electron chi connectivity index (χ3n) is 5.19. The molecule has 2 N–H and O–H groups in total. The summed E-state index contributed by atoms with van der Waals surface area (Å²) in [6, 6.07) is -0.698. The highest BCUT2D eigenvalue weighted by molar-refractivity contribution is 7.89. The van der Waals surface area contributed by atoms with Crippen LogP contribution in [-0.4, -0.2) is 54.6 Å². The molecule has 1 saturated carbocycles. The molecule has 2 rings (SSSR count). The maximum atomic E-state index is 12.5. The van der Waals surface area contributed by atoms with Crippen molar-refractivity contribution in [3.63, 3.8) is 0 Å². The first-order valence-corrected chi connectivity index (χ1v) is 10.4. The van der Waals surface area contributed by atoms with Crippen LogP contribution in [0.5, 0.6) is 0 Å². The largest absolute Gasteiger partial charge is 0.481 e. The molecule has 0 aromatic carbocycles. The Hall–Kier alpha value is -1.15. The highest BCUT2D eigenvalue weighted by atomic mass is 32.2. The summed E-state index contributed by atoms with van der Waals surface area (Å²) >= 11 is 0. The van der Waals surface area contributed by atoms with Crippen molar-refractivity contribution >= 4 is 21.9 Å². The lowest BCUT2D eigenvalue weighted by Crippen LogP contribution is -2.51. The van der Waals surface area contributed by atoms with Crippen molar-refractivity contribution in [2.24, 2.45) is 5.41 Å². The number of carbonyl (C=O) groups excluding carboxylic acids is 1. The van der Waals surface area contributed by atoms with Crippen molar-refractivity contribution in [3.05, 3.63) is 0 Å². The van der Waals surface area contributed by atoms with Crippen LogP contribution in [-0.2, 0) is 19.6 Å². The maximum absolute atomic E-state index is 12.5. The SMILES string of the molecule is CCCS(=O)(=O)N1CCCC1C(=O)NCC1(C(=O)O)CCCCC1. The molecule has 1 aliphatic carbocycles. The van der Waals surface area contributed by atoms with E-state index in [0.717, 1.165) is 19.3 Å². The molecule has 2 fully saturated rings. The average Bonchev–Trinajstić information content (AvgIpc) is 3.04. The first kappa shape index (κ1) is 19.2. The Morgan fingerprint density at radius 2 is 1.88 bits per heavy atom. The van der Waals surface area contributed by atoms with Crippen LogP contribution in [0.3, 0.4) is 0 Å². The molecule has 2 aliphatic rings. The van der Waals surface area contributed by atoms with E-state index in [1.165, 1.54) is 4.31 Å². The molecule has 1 aliphatic heterocycles. The number of amides is 1. The average molecular weight is 360 g/mol. The van der Waals surface area contributed by atoms with Gasteiger partial charge in [-0.15, -0.1) is 0 Å². The predicted molar refractivity (Wildman–Crippen MR) is 90.0 cm³/mol. The summed E-state index contributed by atoms with van der Waals surface area (Å²) in [7, 11) is -3.42. The summed E-state index contributed by atoms with van der Waals surface area (Å²) in [5, 5.41) is 12.3. The van der Waals surface area contributed by atoms with Gasteiger partial charge in [0.15, 0.2) is 0 Å². The molecule has 1 unspecified atom stereocenters. The van der Waals surface area contributed by atoms with E-state index >= 15 is 0 Å². The van der Waals surface area contributed by atoms with Crippen molar-refractivity contribution < 1.29 is 23.1 Å². The van der Waals surface area contributed by atoms with Gasteiger partial charge in [-0.1, -0.05) is 26.2 Å². The van der Waals surface area contributed by atoms with Crippen LogP contribution < -0.4 is 5.32 Å². The van der Waals surface area contributed by atoms with Gasteiger partial charge in [-0.2, -0.15) is 4.31 Å². The van der Waals surface area contributed by atoms with Crippen LogP contribution in [0.1, 0.15) is 58.3 Å². The molecule has 7 nitrogen and oxygen atoms in total. The fourth-order valence-corrected chi connectivity index (χ4v) is 5.53. The number of carbonyl (C=O) groups is 2. The monoisotopic (exact) mass is 360 g/mol. The lowest BCUT2D eigenvalue weighted by atomic mass is 9.74. The molecule has 1 heterocycles. The third-order valence-corrected chi connectivity index (χ3v) is 7.27. The van der Waals surface area contributed by atoms with Gasteiger partial charge in [-0.25, -0.2) is 8.42 Å². The van der Waals surface area contributed by atoms with Gasteiger partial charge in [0.1, 0.15) is 6.04 Å². The summed E-state index contributed by atoms with van der Waals surface area (Å²) in [4.78, 5) is 24.2. The Bertz CT molecular complexity index is 569. The van der Waals surface area contributed by atoms with Gasteiger partial charge in [0, 0.05) is 13.1 Å². The second-order valence-corrected chi connectivity index (χ2v) is 8.99. The number of nitrogens with zero attached hydrogens (tertiary/aromatic N) is 1. The van der Waals surface area contributed by atoms with Gasteiger partial charge in [0.25, 0.3) is 0 Å². The summed E-state index contributed by atoms with van der Waals surface area (Å²) in [5.41, 5.74) is -0.903. The maximum Gasteiger partial charge on any atom is 0.311 e. The van der Waals surface area contributed by atoms with Crippen LogP contribution in [0, 0.1) is 5.41 Å². The molecule has 0 aromatic rings. The number of hydrogen-bond acceptors (Lipinski definition) is 4. The predicted octanol–water partition coefficient (Wildman–Crippen LogP) is 1.34. The van der Waals surface area contributed by atoms with Gasteiger partial charge in [-0.3, -0.25) is 9.59 Å². The first-order valence-electron chi connectivity index (χ1n) is 8.83. The fourth-order valence-electron chi connectivity index (χ4n) is 3.78. The van der Waals surface area contributed by atoms with Crippen LogP contribution in [0.15, 0.2) is 0 Å². The molecule has 0 spiro atoms. The Morgan fingerprint density at radius 1 is 1.21 bits per heavy atom. The Balaban J connectivity index is 2.02. The lowest BCUT2D eigenvalue weighted by molar-refractivity contribution is -0.151. The van der Waals surface area contributed by atoms with E-state index in [1.807, 2.05) is 0 Å². The molecule has 1 atom stereocenters. The molecule has 0 radical (unpaired) electrons. The summed E-state index contributed by atoms with van der Waals surface area (Å²) < 4.78 is 25.8. The second kappa shape index (κ2) is 7.82. The van der Waals surface area contributed by atoms with Crippen molar-refractivity contribution in [2.75, 3.05) is 18.8 Å². The number of hydrogen-bond donors (Lipinski definition) is 2. The van der Waals surface area contributed by atoms with Crippen LogP contribution in [0.4, 0.5) is 0 Å². The summed E-state index contributed by atoms with van der Waals surface area (Å²) in [6.07, 6.45) is 5.51. The normalized spacial score (nSPS) is 24.6. The zero-order valence-corrected chi connectivity index (χ0v) is 15.1. The first-order chi connectivity index (χ1) is 11.3. The van der Waals surface area contributed by atoms with Crippen molar-refractivity contribution in [2.45, 2.75) is 64.3 Å². The molecule has 0 aromatic heterocycles. The topological polar surface area (TPSA) is 104 Å². The van der Waals surface area contributed by atoms with Gasteiger partial charge in [0.05, 0.1) is 11.2 Å². The number of carboxylic acids is 1. The molecule has 0 bridgehead atoms. The van der Waals surface area contributed by atoms with Crippen LogP contribution in [0.25, 0.3) is 0 Å². The van der Waals surface area contributed by atoms with Gasteiger partial charge >= 0.3 is 5.97 Å². The minimum atomic E-state index is -3.42. The summed E-state index contributed by atoms with van der Waals surface area (Å²) in [6.45, 7) is 2.24. The highest BCUT2D eigenvalue weighted by Crippen LogP contribution is 2.36. The standard InChI is InChI=1S/C16H28N2O5S/c1-2-11-24(22,23)18-10-6-7-13(18)14(19)17-12-16(15(20)21)8-4-3-5-9-16/h13H,2-12H2,1H3,(H,17,19)(H,20,21). The quantitative estimate of drug-likeness (QED) is 0.713. The minimum absolute atomic E-state index is 0.0375. The van der Waals surface area contributed by atoms with E-state index in [9.17, 15) is 23.1 Å². The molecule has 24 heavy (non-hydrogen) atoms. The summed E-state index contributed by atoms with van der Waals surface area (Å²) in [5.74, 6) is -1.20. The molecule has 1 amide bonds. The number of aliphatic carboxylic acids is 1. The van der Waals surface area contributed by atoms with Gasteiger partial charge < -0.3 is 10.4 Å². The van der Waals surface area contributed by atoms with Crippen LogP contribution in [0.2, 0.25) is 0 Å². The molecule has 138 valence electrons. The molecular formula is C16H28N2O5S. The number of carboxylic acid groups (broad SMARTS) is 1. The second-order valence-electron chi connectivity index (χ2n) is 6.95. The molecule has 8 heteroatoms. The highest BCUT2D eigenvalue weighted by Gasteiger charge is 2.42. The Kier molecular flexibility index (Phi) is 6.25. The van der Waals surface area contributed by atoms with Crippen LogP contribution >= 0.6 is 0 Å².